The molecule has 0 amide bonds. The molecule has 0 saturated carbocycles. The van der Waals surface area contributed by atoms with E-state index < -0.39 is 23.4 Å². The van der Waals surface area contributed by atoms with Crippen LogP contribution >= 0.6 is 0 Å². The minimum Gasteiger partial charge on any atom is -0.497 e. The van der Waals surface area contributed by atoms with Gasteiger partial charge in [-0.15, -0.1) is 0 Å². The molecule has 1 aliphatic carbocycles. The molecule has 0 N–H and O–H groups in total. The van der Waals surface area contributed by atoms with Gasteiger partial charge in [0, 0.05) is 33.9 Å². The third-order valence-corrected chi connectivity index (χ3v) is 9.13. The Morgan fingerprint density at radius 2 is 1.37 bits per heavy atom. The van der Waals surface area contributed by atoms with Crippen molar-refractivity contribution in [1.29, 1.82) is 0 Å². The van der Waals surface area contributed by atoms with Crippen molar-refractivity contribution in [2.45, 2.75) is 18.0 Å². The van der Waals surface area contributed by atoms with E-state index in [-0.39, 0.29) is 17.3 Å². The number of para-hydroxylation sites is 1. The summed E-state index contributed by atoms with van der Waals surface area (Å²) in [5.74, 6) is -0.129. The first kappa shape index (κ1) is 26.7. The molecule has 7 heteroatoms. The van der Waals surface area contributed by atoms with E-state index in [0.717, 1.165) is 11.3 Å². The van der Waals surface area contributed by atoms with E-state index in [1.165, 1.54) is 0 Å². The maximum absolute atomic E-state index is 14.9. The van der Waals surface area contributed by atoms with Crippen LogP contribution in [0.15, 0.2) is 97.1 Å². The summed E-state index contributed by atoms with van der Waals surface area (Å²) < 4.78 is 16.8. The van der Waals surface area contributed by atoms with Crippen LogP contribution in [-0.2, 0) is 0 Å². The molecule has 214 valence electrons. The van der Waals surface area contributed by atoms with Crippen LogP contribution in [0.25, 0.3) is 6.08 Å². The molecule has 1 fully saturated rings. The van der Waals surface area contributed by atoms with Crippen LogP contribution in [0.2, 0.25) is 0 Å². The summed E-state index contributed by atoms with van der Waals surface area (Å²) >= 11 is 0. The molecule has 1 saturated heterocycles. The number of hydrogen-bond donors (Lipinski definition) is 0. The van der Waals surface area contributed by atoms with Crippen molar-refractivity contribution in [3.05, 3.63) is 125 Å². The topological polar surface area (TPSA) is 82.1 Å². The molecule has 0 aromatic heterocycles. The highest BCUT2D eigenvalue weighted by Gasteiger charge is 2.72. The highest BCUT2D eigenvalue weighted by Crippen LogP contribution is 2.62. The lowest BCUT2D eigenvalue weighted by Crippen LogP contribution is -2.48. The molecule has 2 aliphatic heterocycles. The van der Waals surface area contributed by atoms with Crippen molar-refractivity contribution in [2.24, 2.45) is 5.41 Å². The number of Topliss-reactive ketones (excluding diaryl/α,β-unsaturated/α-hetero) is 3. The minimum absolute atomic E-state index is 0.221. The van der Waals surface area contributed by atoms with Gasteiger partial charge in [-0.3, -0.25) is 14.4 Å². The Balaban J connectivity index is 1.56. The van der Waals surface area contributed by atoms with E-state index in [9.17, 15) is 14.4 Å². The molecule has 3 aliphatic rings. The lowest BCUT2D eigenvalue weighted by Gasteiger charge is -2.37. The first-order chi connectivity index (χ1) is 20.9. The number of rotatable bonds is 6. The van der Waals surface area contributed by atoms with Crippen molar-refractivity contribution < 1.29 is 28.6 Å². The highest BCUT2D eigenvalue weighted by molar-refractivity contribution is 6.32. The molecule has 0 bridgehead atoms. The van der Waals surface area contributed by atoms with Crippen LogP contribution < -0.4 is 19.1 Å². The fourth-order valence-electron chi connectivity index (χ4n) is 7.27. The minimum atomic E-state index is -1.64. The quantitative estimate of drug-likeness (QED) is 0.207. The van der Waals surface area contributed by atoms with Crippen LogP contribution in [0.5, 0.6) is 17.2 Å². The van der Waals surface area contributed by atoms with Gasteiger partial charge in [0.25, 0.3) is 0 Å². The zero-order valence-electron chi connectivity index (χ0n) is 23.9. The summed E-state index contributed by atoms with van der Waals surface area (Å²) in [6.07, 6.45) is 3.85. The number of fused-ring (bicyclic) bond motifs is 5. The Morgan fingerprint density at radius 1 is 0.744 bits per heavy atom. The van der Waals surface area contributed by atoms with E-state index in [2.05, 4.69) is 0 Å². The van der Waals surface area contributed by atoms with E-state index in [4.69, 9.17) is 14.2 Å². The van der Waals surface area contributed by atoms with Gasteiger partial charge in [0.05, 0.1) is 27.4 Å². The fourth-order valence-corrected chi connectivity index (χ4v) is 7.27. The molecule has 4 aromatic carbocycles. The van der Waals surface area contributed by atoms with Crippen molar-refractivity contribution in [3.8, 4) is 17.2 Å². The first-order valence-corrected chi connectivity index (χ1v) is 14.1. The summed E-state index contributed by atoms with van der Waals surface area (Å²) in [5.41, 5.74) is 1.77. The Bertz CT molecular complexity index is 1790. The second-order valence-electron chi connectivity index (χ2n) is 11.0. The highest BCUT2D eigenvalue weighted by atomic mass is 16.5. The molecular formula is C36H29NO6. The van der Waals surface area contributed by atoms with Gasteiger partial charge in [-0.05, 0) is 54.1 Å². The van der Waals surface area contributed by atoms with Crippen LogP contribution in [0.1, 0.15) is 48.1 Å². The van der Waals surface area contributed by atoms with Crippen molar-refractivity contribution in [3.63, 3.8) is 0 Å². The third kappa shape index (κ3) is 3.64. The number of benzene rings is 4. The molecule has 0 unspecified atom stereocenters. The largest absolute Gasteiger partial charge is 0.497 e. The number of ether oxygens (including phenoxy) is 3. The average molecular weight is 572 g/mol. The van der Waals surface area contributed by atoms with E-state index >= 15 is 0 Å². The van der Waals surface area contributed by atoms with Gasteiger partial charge in [-0.1, -0.05) is 54.6 Å². The molecule has 0 radical (unpaired) electrons. The summed E-state index contributed by atoms with van der Waals surface area (Å²) in [7, 11) is 4.67. The Hall–Kier alpha value is -5.17. The predicted octanol–water partition coefficient (Wildman–Crippen LogP) is 6.03. The lowest BCUT2D eigenvalue weighted by atomic mass is 9.64. The fraction of sp³-hybridized carbons (Fsp3) is 0.194. The van der Waals surface area contributed by atoms with Crippen LogP contribution in [0.4, 0.5) is 5.69 Å². The Kier molecular flexibility index (Phi) is 6.20. The number of hydrogen-bond acceptors (Lipinski definition) is 7. The third-order valence-electron chi connectivity index (χ3n) is 9.13. The zero-order valence-corrected chi connectivity index (χ0v) is 23.9. The average Bonchev–Trinajstić information content (AvgIpc) is 3.50. The van der Waals surface area contributed by atoms with Gasteiger partial charge in [-0.25, -0.2) is 0 Å². The number of ketones is 3. The molecule has 7 nitrogen and oxygen atoms in total. The molecule has 1 spiro atoms. The van der Waals surface area contributed by atoms with E-state index in [1.54, 1.807) is 88.1 Å². The van der Waals surface area contributed by atoms with Gasteiger partial charge >= 0.3 is 0 Å². The maximum atomic E-state index is 14.9. The second-order valence-corrected chi connectivity index (χ2v) is 11.0. The molecule has 3 atom stereocenters. The molecule has 4 aromatic rings. The first-order valence-electron chi connectivity index (χ1n) is 14.1. The molecular weight excluding hydrogens is 542 g/mol. The molecule has 2 heterocycles. The SMILES string of the molecule is COc1ccc(C(=O)[C@H]2[C@@H](c3cc(OC)ccc3OC)C3(C(=O)c4ccccc4C3=O)[C@H]3C=Cc4ccccc4N23)cc1. The van der Waals surface area contributed by atoms with Gasteiger partial charge in [0.2, 0.25) is 0 Å². The van der Waals surface area contributed by atoms with E-state index in [1.807, 2.05) is 41.3 Å². The standard InChI is InChI=1S/C36H29NO6/c1-41-23-15-12-22(13-16-23)33(38)32-31(27-20-24(42-2)17-18-29(27)43-3)36(34(39)25-9-5-6-10-26(25)35(36)40)30-19-14-21-8-4-7-11-28(21)37(30)32/h4-20,30-32H,1-3H3/t30-,31-,32-/m1/s1. The molecule has 7 rings (SSSR count). The van der Waals surface area contributed by atoms with Gasteiger partial charge < -0.3 is 19.1 Å². The second kappa shape index (κ2) is 9.98. The lowest BCUT2D eigenvalue weighted by molar-refractivity contribution is 0.0664. The zero-order chi connectivity index (χ0) is 29.9. The van der Waals surface area contributed by atoms with Crippen molar-refractivity contribution in [2.75, 3.05) is 26.2 Å². The summed E-state index contributed by atoms with van der Waals surface area (Å²) in [5, 5.41) is 0. The summed E-state index contributed by atoms with van der Waals surface area (Å²) in [4.78, 5) is 46.5. The van der Waals surface area contributed by atoms with Crippen LogP contribution in [0.3, 0.4) is 0 Å². The summed E-state index contributed by atoms with van der Waals surface area (Å²) in [6, 6.07) is 25.2. The van der Waals surface area contributed by atoms with Crippen LogP contribution in [0, 0.1) is 5.41 Å². The normalized spacial score (nSPS) is 20.9. The Morgan fingerprint density at radius 3 is 2.02 bits per heavy atom. The smallest absolute Gasteiger partial charge is 0.185 e. The predicted molar refractivity (Wildman–Crippen MR) is 163 cm³/mol. The number of carbonyl (C=O) groups excluding carboxylic acids is 3. The Labute approximate surface area is 249 Å². The maximum Gasteiger partial charge on any atom is 0.185 e. The molecule has 43 heavy (non-hydrogen) atoms. The van der Waals surface area contributed by atoms with Gasteiger partial charge in [0.15, 0.2) is 17.3 Å². The number of methoxy groups -OCH3 is 3. The van der Waals surface area contributed by atoms with Crippen molar-refractivity contribution >= 4 is 29.1 Å². The van der Waals surface area contributed by atoms with E-state index in [0.29, 0.717) is 39.5 Å². The van der Waals surface area contributed by atoms with Gasteiger partial charge in [-0.2, -0.15) is 0 Å². The number of anilines is 1. The van der Waals surface area contributed by atoms with Crippen LogP contribution in [-0.4, -0.2) is 50.8 Å². The number of nitrogens with zero attached hydrogens (tertiary/aromatic N) is 1. The number of carbonyl (C=O) groups is 3. The summed E-state index contributed by atoms with van der Waals surface area (Å²) in [6.45, 7) is 0. The van der Waals surface area contributed by atoms with Crippen molar-refractivity contribution in [1.82, 2.24) is 0 Å². The monoisotopic (exact) mass is 571 g/mol. The van der Waals surface area contributed by atoms with Gasteiger partial charge in [0.1, 0.15) is 28.7 Å².